The minimum absolute atomic E-state index is 0.0328. The molecule has 2 aliphatic carbocycles. The van der Waals surface area contributed by atoms with E-state index in [2.05, 4.69) is 11.4 Å². The van der Waals surface area contributed by atoms with Crippen LogP contribution in [0.15, 0.2) is 17.5 Å². The zero-order valence-corrected chi connectivity index (χ0v) is 12.6. The van der Waals surface area contributed by atoms with Crippen LogP contribution in [-0.2, 0) is 9.59 Å². The highest BCUT2D eigenvalue weighted by atomic mass is 32.1. The number of thiophene rings is 1. The highest BCUT2D eigenvalue weighted by Gasteiger charge is 2.41. The summed E-state index contributed by atoms with van der Waals surface area (Å²) in [7, 11) is 0. The molecule has 0 saturated heterocycles. The third-order valence-electron chi connectivity index (χ3n) is 4.75. The number of carbonyl (C=O) groups excluding carboxylic acids is 2. The molecular weight excluding hydrogens is 270 g/mol. The molecule has 2 aliphatic rings. The van der Waals surface area contributed by atoms with Crippen molar-refractivity contribution in [3.05, 3.63) is 22.4 Å². The fourth-order valence-electron chi connectivity index (χ4n) is 3.63. The maximum Gasteiger partial charge on any atom is 0.223 e. The highest BCUT2D eigenvalue weighted by molar-refractivity contribution is 7.10. The first kappa shape index (κ1) is 13.8. The lowest BCUT2D eigenvalue weighted by Gasteiger charge is -2.37. The van der Waals surface area contributed by atoms with E-state index in [4.69, 9.17) is 0 Å². The van der Waals surface area contributed by atoms with E-state index in [0.29, 0.717) is 5.78 Å². The number of fused-ring (bicyclic) bond motifs is 2. The largest absolute Gasteiger partial charge is 0.349 e. The summed E-state index contributed by atoms with van der Waals surface area (Å²) in [6, 6.07) is 4.13. The summed E-state index contributed by atoms with van der Waals surface area (Å²) in [5.74, 6) is 0.887. The Morgan fingerprint density at radius 3 is 2.65 bits per heavy atom. The Hall–Kier alpha value is -1.16. The fraction of sp³-hybridized carbons (Fsp3) is 0.625. The molecule has 1 unspecified atom stereocenters. The molecule has 0 aliphatic heterocycles. The van der Waals surface area contributed by atoms with Crippen LogP contribution >= 0.6 is 11.3 Å². The van der Waals surface area contributed by atoms with Crippen LogP contribution < -0.4 is 5.32 Å². The lowest BCUT2D eigenvalue weighted by molar-refractivity contribution is -0.137. The van der Waals surface area contributed by atoms with Gasteiger partial charge in [0.2, 0.25) is 5.91 Å². The Morgan fingerprint density at radius 1 is 1.35 bits per heavy atom. The number of Topliss-reactive ketones (excluding diaryl/α,β-unsaturated/α-hetero) is 1. The molecule has 20 heavy (non-hydrogen) atoms. The SMILES string of the molecule is C[C@@H](NC(=O)C1C[C@H]2CCC[C@@H](C1)C2=O)c1cccs1. The first-order valence-corrected chi connectivity index (χ1v) is 8.40. The van der Waals surface area contributed by atoms with Gasteiger partial charge in [-0.15, -0.1) is 11.3 Å². The molecule has 1 aromatic rings. The number of nitrogens with one attached hydrogen (secondary N) is 1. The summed E-state index contributed by atoms with van der Waals surface area (Å²) in [4.78, 5) is 25.7. The van der Waals surface area contributed by atoms with Gasteiger partial charge in [0.15, 0.2) is 0 Å². The number of hydrogen-bond donors (Lipinski definition) is 1. The van der Waals surface area contributed by atoms with Gasteiger partial charge in [0.25, 0.3) is 0 Å². The number of amides is 1. The maximum absolute atomic E-state index is 12.4. The number of hydrogen-bond acceptors (Lipinski definition) is 3. The molecule has 2 fully saturated rings. The van der Waals surface area contributed by atoms with Gasteiger partial charge in [0, 0.05) is 22.6 Å². The summed E-state index contributed by atoms with van der Waals surface area (Å²) >= 11 is 1.67. The molecule has 1 amide bonds. The molecule has 2 bridgehead atoms. The van der Waals surface area contributed by atoms with Crippen LogP contribution in [0.4, 0.5) is 0 Å². The third-order valence-corrected chi connectivity index (χ3v) is 5.80. The zero-order chi connectivity index (χ0) is 14.1. The first-order chi connectivity index (χ1) is 9.65. The molecule has 108 valence electrons. The second-order valence-corrected chi connectivity index (χ2v) is 7.12. The summed E-state index contributed by atoms with van der Waals surface area (Å²) in [5.41, 5.74) is 0. The van der Waals surface area contributed by atoms with Crippen LogP contribution in [0, 0.1) is 17.8 Å². The van der Waals surface area contributed by atoms with Crippen LogP contribution in [0.25, 0.3) is 0 Å². The van der Waals surface area contributed by atoms with Gasteiger partial charge >= 0.3 is 0 Å². The molecule has 0 radical (unpaired) electrons. The van der Waals surface area contributed by atoms with Gasteiger partial charge in [-0.3, -0.25) is 9.59 Å². The average molecular weight is 291 g/mol. The molecule has 1 N–H and O–H groups in total. The zero-order valence-electron chi connectivity index (χ0n) is 11.8. The summed E-state index contributed by atoms with van der Waals surface area (Å²) in [6.07, 6.45) is 4.65. The smallest absolute Gasteiger partial charge is 0.223 e. The molecule has 1 aromatic heterocycles. The van der Waals surface area contributed by atoms with E-state index in [1.807, 2.05) is 18.4 Å². The Morgan fingerprint density at radius 2 is 2.05 bits per heavy atom. The van der Waals surface area contributed by atoms with Crippen molar-refractivity contribution in [2.45, 2.75) is 45.1 Å². The summed E-state index contributed by atoms with van der Waals surface area (Å²) in [6.45, 7) is 2.03. The van der Waals surface area contributed by atoms with Crippen molar-refractivity contribution in [2.24, 2.45) is 17.8 Å². The molecule has 3 rings (SSSR count). The van der Waals surface area contributed by atoms with Crippen molar-refractivity contribution < 1.29 is 9.59 Å². The van der Waals surface area contributed by atoms with Crippen LogP contribution in [0.3, 0.4) is 0 Å². The van der Waals surface area contributed by atoms with Crippen LogP contribution in [0.2, 0.25) is 0 Å². The summed E-state index contributed by atoms with van der Waals surface area (Å²) in [5, 5.41) is 5.15. The van der Waals surface area contributed by atoms with Crippen LogP contribution in [0.5, 0.6) is 0 Å². The van der Waals surface area contributed by atoms with Crippen LogP contribution in [0.1, 0.15) is 49.9 Å². The van der Waals surface area contributed by atoms with Gasteiger partial charge in [-0.2, -0.15) is 0 Å². The quantitative estimate of drug-likeness (QED) is 0.928. The van der Waals surface area contributed by atoms with Crippen molar-refractivity contribution in [2.75, 3.05) is 0 Å². The summed E-state index contributed by atoms with van der Waals surface area (Å²) < 4.78 is 0. The number of carbonyl (C=O) groups is 2. The normalized spacial score (nSPS) is 30.9. The van der Waals surface area contributed by atoms with Crippen molar-refractivity contribution in [1.29, 1.82) is 0 Å². The van der Waals surface area contributed by atoms with E-state index >= 15 is 0 Å². The van der Waals surface area contributed by atoms with E-state index in [1.54, 1.807) is 11.3 Å². The minimum Gasteiger partial charge on any atom is -0.349 e. The lowest BCUT2D eigenvalue weighted by Crippen LogP contribution is -2.43. The highest BCUT2D eigenvalue weighted by Crippen LogP contribution is 2.40. The lowest BCUT2D eigenvalue weighted by atomic mass is 9.67. The Bertz CT molecular complexity index is 481. The average Bonchev–Trinajstić information content (AvgIpc) is 2.92. The van der Waals surface area contributed by atoms with Gasteiger partial charge in [-0.1, -0.05) is 12.5 Å². The van der Waals surface area contributed by atoms with Crippen molar-refractivity contribution >= 4 is 23.0 Å². The topological polar surface area (TPSA) is 46.2 Å². The van der Waals surface area contributed by atoms with Gasteiger partial charge in [-0.25, -0.2) is 0 Å². The molecular formula is C16H21NO2S. The van der Waals surface area contributed by atoms with E-state index in [0.717, 1.165) is 32.1 Å². The Labute approximate surface area is 123 Å². The molecule has 4 atom stereocenters. The molecule has 0 spiro atoms. The van der Waals surface area contributed by atoms with Crippen molar-refractivity contribution in [3.63, 3.8) is 0 Å². The van der Waals surface area contributed by atoms with Gasteiger partial charge in [-0.05, 0) is 44.1 Å². The van der Waals surface area contributed by atoms with Crippen molar-refractivity contribution in [3.8, 4) is 0 Å². The predicted octanol–water partition coefficient (Wildman–Crippen LogP) is 3.32. The standard InChI is InChI=1S/C16H21NO2S/c1-10(14-6-3-7-20-14)17-16(19)13-8-11-4-2-5-12(9-13)15(11)18/h3,6-7,10-13H,2,4-5,8-9H2,1H3,(H,17,19)/t10-,11-,12+,13?/m1/s1. The van der Waals surface area contributed by atoms with Gasteiger partial charge in [0.05, 0.1) is 6.04 Å². The van der Waals surface area contributed by atoms with E-state index in [1.165, 1.54) is 4.88 Å². The second-order valence-electron chi connectivity index (χ2n) is 6.14. The Balaban J connectivity index is 1.62. The van der Waals surface area contributed by atoms with E-state index in [-0.39, 0.29) is 29.7 Å². The Kier molecular flexibility index (Phi) is 3.92. The molecule has 2 saturated carbocycles. The van der Waals surface area contributed by atoms with Gasteiger partial charge < -0.3 is 5.32 Å². The second kappa shape index (κ2) is 5.68. The molecule has 0 aromatic carbocycles. The van der Waals surface area contributed by atoms with E-state index < -0.39 is 0 Å². The fourth-order valence-corrected chi connectivity index (χ4v) is 4.37. The molecule has 3 nitrogen and oxygen atoms in total. The van der Waals surface area contributed by atoms with E-state index in [9.17, 15) is 9.59 Å². The van der Waals surface area contributed by atoms with Gasteiger partial charge in [0.1, 0.15) is 5.78 Å². The van der Waals surface area contributed by atoms with Crippen molar-refractivity contribution in [1.82, 2.24) is 5.32 Å². The van der Waals surface area contributed by atoms with Crippen LogP contribution in [-0.4, -0.2) is 11.7 Å². The monoisotopic (exact) mass is 291 g/mol. The number of ketones is 1. The predicted molar refractivity (Wildman–Crippen MR) is 79.4 cm³/mol. The first-order valence-electron chi connectivity index (χ1n) is 7.52. The minimum atomic E-state index is 0.0328. The third kappa shape index (κ3) is 2.66. The molecule has 1 heterocycles. The maximum atomic E-state index is 12.4. The molecule has 4 heteroatoms. The number of rotatable bonds is 3.